The highest BCUT2D eigenvalue weighted by atomic mass is 32.1. The van der Waals surface area contributed by atoms with Crippen LogP contribution in [0.25, 0.3) is 11.9 Å². The molecule has 0 saturated heterocycles. The van der Waals surface area contributed by atoms with Crippen LogP contribution in [0.5, 0.6) is 5.88 Å². The molecule has 0 aliphatic carbocycles. The van der Waals surface area contributed by atoms with Crippen molar-refractivity contribution < 1.29 is 18.3 Å². The van der Waals surface area contributed by atoms with Crippen molar-refractivity contribution in [1.82, 2.24) is 4.57 Å². The maximum Gasteiger partial charge on any atom is 0.416 e. The van der Waals surface area contributed by atoms with E-state index in [2.05, 4.69) is 20.7 Å². The van der Waals surface area contributed by atoms with Gasteiger partial charge in [-0.25, -0.2) is 0 Å². The van der Waals surface area contributed by atoms with Gasteiger partial charge in [0.2, 0.25) is 11.7 Å². The fraction of sp³-hybridized carbons (Fsp3) is 0.150. The van der Waals surface area contributed by atoms with Crippen molar-refractivity contribution in [2.45, 2.75) is 19.1 Å². The third kappa shape index (κ3) is 4.78. The summed E-state index contributed by atoms with van der Waals surface area (Å²) in [5, 5.41) is 26.7. The van der Waals surface area contributed by atoms with Crippen LogP contribution in [0.4, 0.5) is 13.2 Å². The van der Waals surface area contributed by atoms with Gasteiger partial charge in [0.15, 0.2) is 3.95 Å². The number of aromatic nitrogens is 1. The SMILES string of the molecule is Oc1c(C=c2ccc(=C3N=NN=N3)cc2)sc(=S)n1CCc1cccc(C(F)(F)F)c1. The summed E-state index contributed by atoms with van der Waals surface area (Å²) in [6.45, 7) is 0.267. The highest BCUT2D eigenvalue weighted by Gasteiger charge is 2.30. The summed E-state index contributed by atoms with van der Waals surface area (Å²) in [7, 11) is 0. The molecule has 1 N–H and O–H groups in total. The molecule has 3 aromatic rings. The summed E-state index contributed by atoms with van der Waals surface area (Å²) in [4.78, 5) is 0.565. The number of nitrogens with zero attached hydrogens (tertiary/aromatic N) is 5. The monoisotopic (exact) mass is 461 g/mol. The topological polar surface area (TPSA) is 74.6 Å². The van der Waals surface area contributed by atoms with E-state index in [1.54, 1.807) is 12.1 Å². The van der Waals surface area contributed by atoms with Crippen LogP contribution in [0.2, 0.25) is 0 Å². The lowest BCUT2D eigenvalue weighted by Gasteiger charge is -2.09. The number of hydrogen-bond donors (Lipinski definition) is 1. The van der Waals surface area contributed by atoms with E-state index in [0.717, 1.165) is 22.6 Å². The highest BCUT2D eigenvalue weighted by molar-refractivity contribution is 7.73. The molecule has 2 heterocycles. The summed E-state index contributed by atoms with van der Waals surface area (Å²) >= 11 is 6.57. The molecule has 0 bridgehead atoms. The molecule has 0 amide bonds. The number of benzene rings is 2. The molecule has 0 fully saturated rings. The van der Waals surface area contributed by atoms with Crippen LogP contribution in [-0.4, -0.2) is 9.67 Å². The number of rotatable bonds is 4. The molecule has 1 aromatic heterocycles. The van der Waals surface area contributed by atoms with Gasteiger partial charge in [-0.05, 0) is 52.0 Å². The third-order valence-corrected chi connectivity index (χ3v) is 5.94. The van der Waals surface area contributed by atoms with Crippen LogP contribution in [0, 0.1) is 3.95 Å². The van der Waals surface area contributed by atoms with Crippen molar-refractivity contribution in [3.63, 3.8) is 0 Å². The van der Waals surface area contributed by atoms with Crippen molar-refractivity contribution in [2.24, 2.45) is 20.7 Å². The lowest BCUT2D eigenvalue weighted by atomic mass is 10.1. The molecule has 6 nitrogen and oxygen atoms in total. The van der Waals surface area contributed by atoms with Gasteiger partial charge in [-0.2, -0.15) is 13.2 Å². The Kier molecular flexibility index (Phi) is 5.79. The Hall–Kier alpha value is -3.18. The Bertz CT molecular complexity index is 1340. The number of hydrogen-bond acceptors (Lipinski definition) is 7. The van der Waals surface area contributed by atoms with Crippen LogP contribution in [0.1, 0.15) is 16.0 Å². The zero-order chi connectivity index (χ0) is 22.0. The number of aromatic hydroxyl groups is 1. The first-order chi connectivity index (χ1) is 14.8. The molecule has 0 radical (unpaired) electrons. The van der Waals surface area contributed by atoms with E-state index in [9.17, 15) is 18.3 Å². The van der Waals surface area contributed by atoms with Crippen LogP contribution in [-0.2, 0) is 19.1 Å². The van der Waals surface area contributed by atoms with Crippen LogP contribution in [0.3, 0.4) is 0 Å². The molecule has 11 heteroatoms. The average Bonchev–Trinajstić information content (AvgIpc) is 3.36. The van der Waals surface area contributed by atoms with E-state index in [0.29, 0.717) is 26.6 Å². The predicted molar refractivity (Wildman–Crippen MR) is 112 cm³/mol. The zero-order valence-electron chi connectivity index (χ0n) is 15.7. The van der Waals surface area contributed by atoms with E-state index in [4.69, 9.17) is 12.2 Å². The van der Waals surface area contributed by atoms with E-state index < -0.39 is 11.7 Å². The second kappa shape index (κ2) is 8.52. The lowest BCUT2D eigenvalue weighted by molar-refractivity contribution is -0.137. The maximum atomic E-state index is 12.9. The predicted octanol–water partition coefficient (Wildman–Crippen LogP) is 4.97. The van der Waals surface area contributed by atoms with Gasteiger partial charge in [-0.15, -0.1) is 21.6 Å². The standard InChI is InChI=1S/C20H14F3N5OS2/c21-20(22,23)15-3-1-2-12(10-15)8-9-28-18(29)16(31-19(28)30)11-13-4-6-14(7-5-13)17-24-26-27-25-17/h1-7,10-11,29H,8-9H2. The van der Waals surface area contributed by atoms with E-state index in [1.807, 2.05) is 24.3 Å². The van der Waals surface area contributed by atoms with Crippen LogP contribution >= 0.6 is 23.6 Å². The van der Waals surface area contributed by atoms with Gasteiger partial charge in [-0.1, -0.05) is 42.5 Å². The van der Waals surface area contributed by atoms with Gasteiger partial charge in [0.1, 0.15) is 0 Å². The highest BCUT2D eigenvalue weighted by Crippen LogP contribution is 2.30. The first-order valence-electron chi connectivity index (χ1n) is 9.04. The first-order valence-corrected chi connectivity index (χ1v) is 10.3. The minimum absolute atomic E-state index is 0.0150. The quantitative estimate of drug-likeness (QED) is 0.557. The fourth-order valence-electron chi connectivity index (χ4n) is 2.99. The van der Waals surface area contributed by atoms with Crippen molar-refractivity contribution in [3.05, 3.63) is 78.9 Å². The van der Waals surface area contributed by atoms with Crippen molar-refractivity contribution in [1.29, 1.82) is 0 Å². The van der Waals surface area contributed by atoms with Gasteiger partial charge in [0, 0.05) is 11.8 Å². The van der Waals surface area contributed by atoms with E-state index in [1.165, 1.54) is 22.0 Å². The third-order valence-electron chi connectivity index (χ3n) is 4.56. The molecule has 0 spiro atoms. The van der Waals surface area contributed by atoms with Crippen molar-refractivity contribution in [2.75, 3.05) is 0 Å². The molecule has 1 aliphatic rings. The number of aryl methyl sites for hydroxylation is 1. The van der Waals surface area contributed by atoms with Crippen molar-refractivity contribution >= 4 is 35.5 Å². The lowest BCUT2D eigenvalue weighted by Crippen LogP contribution is -2.08. The molecule has 4 rings (SSSR count). The maximum absolute atomic E-state index is 12.9. The summed E-state index contributed by atoms with van der Waals surface area (Å²) < 4.78 is 40.7. The first kappa shape index (κ1) is 21.1. The second-order valence-electron chi connectivity index (χ2n) is 6.62. The smallest absolute Gasteiger partial charge is 0.416 e. The van der Waals surface area contributed by atoms with Gasteiger partial charge in [0.25, 0.3) is 0 Å². The van der Waals surface area contributed by atoms with Gasteiger partial charge < -0.3 is 5.11 Å². The number of thiazole rings is 1. The van der Waals surface area contributed by atoms with Gasteiger partial charge >= 0.3 is 6.18 Å². The molecule has 1 aliphatic heterocycles. The Balaban J connectivity index is 1.56. The summed E-state index contributed by atoms with van der Waals surface area (Å²) in [5.74, 6) is 0.407. The molecule has 0 atom stereocenters. The zero-order valence-corrected chi connectivity index (χ0v) is 17.4. The average molecular weight is 461 g/mol. The van der Waals surface area contributed by atoms with Crippen LogP contribution in [0.15, 0.2) is 69.2 Å². The Morgan fingerprint density at radius 2 is 1.77 bits per heavy atom. The minimum atomic E-state index is -4.39. The Morgan fingerprint density at radius 1 is 1.06 bits per heavy atom. The van der Waals surface area contributed by atoms with Gasteiger partial charge in [-0.3, -0.25) is 4.57 Å². The minimum Gasteiger partial charge on any atom is -0.493 e. The van der Waals surface area contributed by atoms with E-state index in [-0.39, 0.29) is 12.4 Å². The fourth-order valence-corrected chi connectivity index (χ4v) is 4.31. The molecule has 158 valence electrons. The Morgan fingerprint density at radius 3 is 2.45 bits per heavy atom. The molecule has 0 unspecified atom stereocenters. The summed E-state index contributed by atoms with van der Waals surface area (Å²) in [6, 6.07) is 12.4. The Labute approximate surface area is 183 Å². The largest absolute Gasteiger partial charge is 0.493 e. The number of alkyl halides is 3. The molecular formula is C20H14F3N5OS2. The molecule has 0 saturated carbocycles. The van der Waals surface area contributed by atoms with E-state index >= 15 is 0 Å². The van der Waals surface area contributed by atoms with Crippen molar-refractivity contribution in [3.8, 4) is 5.88 Å². The number of halogens is 3. The van der Waals surface area contributed by atoms with Gasteiger partial charge in [0.05, 0.1) is 10.4 Å². The molecular weight excluding hydrogens is 447 g/mol. The normalized spacial score (nSPS) is 13.2. The molecule has 31 heavy (non-hydrogen) atoms. The summed E-state index contributed by atoms with van der Waals surface area (Å²) in [6.07, 6.45) is -2.31. The molecule has 2 aromatic carbocycles. The van der Waals surface area contributed by atoms with Crippen LogP contribution < -0.4 is 10.4 Å². The second-order valence-corrected chi connectivity index (χ2v) is 8.30. The summed E-state index contributed by atoms with van der Waals surface area (Å²) in [5.41, 5.74) is -0.179.